The van der Waals surface area contributed by atoms with E-state index in [0.717, 1.165) is 0 Å². The summed E-state index contributed by atoms with van der Waals surface area (Å²) < 4.78 is 0. The fourth-order valence-corrected chi connectivity index (χ4v) is 8.92. The van der Waals surface area contributed by atoms with Gasteiger partial charge >= 0.3 is 144 Å². The molecule has 0 fully saturated rings. The van der Waals surface area contributed by atoms with Gasteiger partial charge in [-0.15, -0.1) is 0 Å². The molecule has 0 spiro atoms. The van der Waals surface area contributed by atoms with Gasteiger partial charge in [-0.2, -0.15) is 0 Å². The SMILES string of the molecule is CC(=O)C(C)[PH](c1ccccc1)(c1ccccc1)c1ccccc1. The molecule has 0 saturated heterocycles. The number of hydrogen-bond donors (Lipinski definition) is 0. The number of Topliss-reactive ketones (excluding diaryl/α,β-unsaturated/α-hetero) is 1. The normalized spacial score (nSPS) is 13.2. The third-order valence-corrected chi connectivity index (χ3v) is 10.4. The minimum atomic E-state index is -2.44. The predicted molar refractivity (Wildman–Crippen MR) is 107 cm³/mol. The van der Waals surface area contributed by atoms with Crippen LogP contribution < -0.4 is 15.9 Å². The zero-order valence-electron chi connectivity index (χ0n) is 14.1. The van der Waals surface area contributed by atoms with Gasteiger partial charge in [-0.1, -0.05) is 0 Å². The van der Waals surface area contributed by atoms with Gasteiger partial charge in [0.05, 0.1) is 0 Å². The fourth-order valence-electron chi connectivity index (χ4n) is 3.66. The molecule has 3 aromatic rings. The van der Waals surface area contributed by atoms with E-state index in [0.29, 0.717) is 0 Å². The molecule has 0 aromatic heterocycles. The van der Waals surface area contributed by atoms with Gasteiger partial charge in [-0.25, -0.2) is 0 Å². The van der Waals surface area contributed by atoms with Gasteiger partial charge in [0.25, 0.3) is 0 Å². The molecule has 0 aliphatic rings. The van der Waals surface area contributed by atoms with Crippen LogP contribution in [0.25, 0.3) is 0 Å². The molecular weight excluding hydrogens is 311 g/mol. The molecule has 1 atom stereocenters. The first kappa shape index (κ1) is 16.6. The molecule has 3 rings (SSSR count). The van der Waals surface area contributed by atoms with Gasteiger partial charge in [0, 0.05) is 0 Å². The zero-order valence-corrected chi connectivity index (χ0v) is 15.1. The summed E-state index contributed by atoms with van der Waals surface area (Å²) in [6.07, 6.45) is 0. The van der Waals surface area contributed by atoms with Crippen LogP contribution in [0.5, 0.6) is 0 Å². The number of carbonyl (C=O) groups is 1. The van der Waals surface area contributed by atoms with Gasteiger partial charge in [0.15, 0.2) is 0 Å². The fraction of sp³-hybridized carbons (Fsp3) is 0.136. The van der Waals surface area contributed by atoms with E-state index in [1.54, 1.807) is 6.92 Å². The molecule has 0 N–H and O–H groups in total. The van der Waals surface area contributed by atoms with Crippen LogP contribution in [0.2, 0.25) is 0 Å². The van der Waals surface area contributed by atoms with Crippen LogP contribution in [0.1, 0.15) is 13.8 Å². The van der Waals surface area contributed by atoms with Crippen LogP contribution in [0, 0.1) is 0 Å². The monoisotopic (exact) mass is 334 g/mol. The van der Waals surface area contributed by atoms with Crippen molar-refractivity contribution in [2.45, 2.75) is 19.5 Å². The number of hydrogen-bond acceptors (Lipinski definition) is 1. The molecule has 122 valence electrons. The molecule has 3 aromatic carbocycles. The molecule has 1 unspecified atom stereocenters. The summed E-state index contributed by atoms with van der Waals surface area (Å²) in [7, 11) is -2.44. The van der Waals surface area contributed by atoms with E-state index < -0.39 is 7.26 Å². The summed E-state index contributed by atoms with van der Waals surface area (Å²) >= 11 is 0. The summed E-state index contributed by atoms with van der Waals surface area (Å²) in [5.41, 5.74) is -0.0373. The molecule has 2 heteroatoms. The van der Waals surface area contributed by atoms with E-state index in [2.05, 4.69) is 79.7 Å². The molecule has 0 bridgehead atoms. The summed E-state index contributed by atoms with van der Waals surface area (Å²) in [6.45, 7) is 3.82. The van der Waals surface area contributed by atoms with Gasteiger partial charge < -0.3 is 0 Å². The molecule has 0 saturated carbocycles. The Morgan fingerprint density at radius 2 is 0.958 bits per heavy atom. The van der Waals surface area contributed by atoms with Crippen molar-refractivity contribution < 1.29 is 4.79 Å². The maximum absolute atomic E-state index is 12.5. The molecular formula is C22H23OP. The standard InChI is InChI=1S/C22H23OP/c1-18(23)19(2)24(20-12-6-3-7-13-20,21-14-8-4-9-15-21)22-16-10-5-11-17-22/h3-17,19,24H,1-2H3. The average Bonchev–Trinajstić information content (AvgIpc) is 2.65. The first-order valence-corrected chi connectivity index (χ1v) is 10.4. The second kappa shape index (κ2) is 7.11. The Kier molecular flexibility index (Phi) is 4.92. The Balaban J connectivity index is 2.39. The summed E-state index contributed by atoms with van der Waals surface area (Å²) in [4.78, 5) is 12.5. The van der Waals surface area contributed by atoms with Crippen molar-refractivity contribution in [1.82, 2.24) is 0 Å². The topological polar surface area (TPSA) is 17.1 Å². The molecule has 0 amide bonds. The van der Waals surface area contributed by atoms with Crippen molar-refractivity contribution >= 4 is 29.0 Å². The second-order valence-electron chi connectivity index (χ2n) is 6.24. The third-order valence-electron chi connectivity index (χ3n) is 4.95. The van der Waals surface area contributed by atoms with Gasteiger partial charge in [0.1, 0.15) is 0 Å². The van der Waals surface area contributed by atoms with E-state index in [-0.39, 0.29) is 11.4 Å². The molecule has 24 heavy (non-hydrogen) atoms. The Labute approximate surface area is 144 Å². The first-order valence-electron chi connectivity index (χ1n) is 8.34. The van der Waals surface area contributed by atoms with Crippen molar-refractivity contribution in [3.8, 4) is 0 Å². The molecule has 0 aliphatic carbocycles. The summed E-state index contributed by atoms with van der Waals surface area (Å²) in [6, 6.07) is 31.7. The molecule has 0 radical (unpaired) electrons. The zero-order chi connectivity index (χ0) is 17.0. The van der Waals surface area contributed by atoms with Crippen molar-refractivity contribution in [3.05, 3.63) is 91.0 Å². The molecule has 0 aliphatic heterocycles. The van der Waals surface area contributed by atoms with Crippen LogP contribution >= 0.6 is 7.26 Å². The van der Waals surface area contributed by atoms with E-state index in [1.165, 1.54) is 15.9 Å². The first-order chi connectivity index (χ1) is 11.7. The predicted octanol–water partition coefficient (Wildman–Crippen LogP) is 3.69. The minimum absolute atomic E-state index is 0.0373. The Hall–Kier alpha value is -2.24. The van der Waals surface area contributed by atoms with Crippen molar-refractivity contribution in [2.24, 2.45) is 0 Å². The van der Waals surface area contributed by atoms with Crippen LogP contribution in [0.15, 0.2) is 91.0 Å². The van der Waals surface area contributed by atoms with E-state index in [1.807, 2.05) is 18.2 Å². The van der Waals surface area contributed by atoms with Crippen LogP contribution in [-0.4, -0.2) is 11.4 Å². The third kappa shape index (κ3) is 2.81. The Morgan fingerprint density at radius 3 is 1.21 bits per heavy atom. The van der Waals surface area contributed by atoms with Crippen LogP contribution in [0.4, 0.5) is 0 Å². The van der Waals surface area contributed by atoms with Gasteiger partial charge in [-0.3, -0.25) is 0 Å². The average molecular weight is 334 g/mol. The van der Waals surface area contributed by atoms with E-state index in [4.69, 9.17) is 0 Å². The number of ketones is 1. The van der Waals surface area contributed by atoms with E-state index >= 15 is 0 Å². The van der Waals surface area contributed by atoms with Crippen LogP contribution in [0.3, 0.4) is 0 Å². The molecule has 0 heterocycles. The van der Waals surface area contributed by atoms with Crippen molar-refractivity contribution in [2.75, 3.05) is 0 Å². The van der Waals surface area contributed by atoms with Gasteiger partial charge in [0.2, 0.25) is 0 Å². The quantitative estimate of drug-likeness (QED) is 0.651. The van der Waals surface area contributed by atoms with Crippen LogP contribution in [-0.2, 0) is 4.79 Å². The molecule has 1 nitrogen and oxygen atoms in total. The second-order valence-corrected chi connectivity index (χ2v) is 10.5. The Morgan fingerprint density at radius 1 is 0.667 bits per heavy atom. The Bertz CT molecular complexity index is 700. The van der Waals surface area contributed by atoms with Crippen molar-refractivity contribution in [1.29, 1.82) is 0 Å². The number of carbonyl (C=O) groups excluding carboxylic acids is 1. The van der Waals surface area contributed by atoms with Gasteiger partial charge in [-0.05, 0) is 0 Å². The summed E-state index contributed by atoms with van der Waals surface area (Å²) in [5.74, 6) is 0.248. The van der Waals surface area contributed by atoms with Crippen molar-refractivity contribution in [3.63, 3.8) is 0 Å². The number of rotatable bonds is 5. The maximum atomic E-state index is 12.5. The number of benzene rings is 3. The van der Waals surface area contributed by atoms with E-state index in [9.17, 15) is 4.79 Å². The summed E-state index contributed by atoms with van der Waals surface area (Å²) in [5, 5.41) is 3.85.